The Morgan fingerprint density at radius 1 is 1.38 bits per heavy atom. The Balaban J connectivity index is 2.49. The lowest BCUT2D eigenvalue weighted by Crippen LogP contribution is -2.42. The zero-order chi connectivity index (χ0) is 12.2. The van der Waals surface area contributed by atoms with Crippen molar-refractivity contribution in [2.45, 2.75) is 32.7 Å². The van der Waals surface area contributed by atoms with Crippen molar-refractivity contribution in [1.82, 2.24) is 4.90 Å². The fraction of sp³-hybridized carbons (Fsp3) is 0.917. The lowest BCUT2D eigenvalue weighted by Gasteiger charge is -2.30. The maximum Gasteiger partial charge on any atom is 0.312 e. The van der Waals surface area contributed by atoms with Crippen molar-refractivity contribution < 1.29 is 14.3 Å². The molecule has 1 saturated carbocycles. The van der Waals surface area contributed by atoms with Crippen LogP contribution in [0.3, 0.4) is 0 Å². The van der Waals surface area contributed by atoms with Crippen LogP contribution in [0.5, 0.6) is 0 Å². The second-order valence-corrected chi connectivity index (χ2v) is 5.07. The van der Waals surface area contributed by atoms with Gasteiger partial charge in [-0.2, -0.15) is 0 Å². The topological polar surface area (TPSA) is 38.8 Å². The molecule has 4 nitrogen and oxygen atoms in total. The summed E-state index contributed by atoms with van der Waals surface area (Å²) >= 11 is 0. The van der Waals surface area contributed by atoms with Gasteiger partial charge < -0.3 is 9.47 Å². The smallest absolute Gasteiger partial charge is 0.312 e. The first-order valence-corrected chi connectivity index (χ1v) is 5.82. The van der Waals surface area contributed by atoms with E-state index in [0.717, 1.165) is 13.1 Å². The van der Waals surface area contributed by atoms with Crippen LogP contribution >= 0.6 is 0 Å². The Morgan fingerprint density at radius 2 is 2.00 bits per heavy atom. The molecule has 0 amide bonds. The summed E-state index contributed by atoms with van der Waals surface area (Å²) in [5, 5.41) is 0. The summed E-state index contributed by atoms with van der Waals surface area (Å²) in [5.41, 5.74) is -0.439. The van der Waals surface area contributed by atoms with Crippen LogP contribution in [-0.2, 0) is 14.3 Å². The van der Waals surface area contributed by atoms with E-state index >= 15 is 0 Å². The van der Waals surface area contributed by atoms with E-state index in [1.54, 1.807) is 7.11 Å². The standard InChI is InChI=1S/C12H23NO3/c1-12(2,11(14)16-4)9-13(7-8-15-3)10-5-6-10/h10H,5-9H2,1-4H3. The van der Waals surface area contributed by atoms with Gasteiger partial charge in [0.15, 0.2) is 0 Å². The van der Waals surface area contributed by atoms with Crippen molar-refractivity contribution in [2.75, 3.05) is 33.9 Å². The second kappa shape index (κ2) is 5.64. The molecule has 1 aliphatic rings. The molecule has 0 aliphatic heterocycles. The molecule has 4 heteroatoms. The number of hydrogen-bond acceptors (Lipinski definition) is 4. The third-order valence-corrected chi connectivity index (χ3v) is 2.98. The summed E-state index contributed by atoms with van der Waals surface area (Å²) in [6.45, 7) is 6.21. The van der Waals surface area contributed by atoms with E-state index in [1.807, 2.05) is 13.8 Å². The third kappa shape index (κ3) is 3.76. The highest BCUT2D eigenvalue weighted by atomic mass is 16.5. The fourth-order valence-corrected chi connectivity index (χ4v) is 1.89. The van der Waals surface area contributed by atoms with E-state index < -0.39 is 5.41 Å². The molecule has 1 rings (SSSR count). The van der Waals surface area contributed by atoms with Crippen molar-refractivity contribution in [1.29, 1.82) is 0 Å². The first-order valence-electron chi connectivity index (χ1n) is 5.82. The summed E-state index contributed by atoms with van der Waals surface area (Å²) in [7, 11) is 3.15. The highest BCUT2D eigenvalue weighted by molar-refractivity contribution is 5.76. The molecule has 0 atom stereocenters. The van der Waals surface area contributed by atoms with Gasteiger partial charge in [0.1, 0.15) is 0 Å². The average molecular weight is 229 g/mol. The molecule has 0 aromatic heterocycles. The van der Waals surface area contributed by atoms with Gasteiger partial charge in [-0.15, -0.1) is 0 Å². The number of carbonyl (C=O) groups is 1. The largest absolute Gasteiger partial charge is 0.469 e. The minimum absolute atomic E-state index is 0.143. The Labute approximate surface area is 97.9 Å². The minimum Gasteiger partial charge on any atom is -0.469 e. The van der Waals surface area contributed by atoms with Crippen LogP contribution in [0.2, 0.25) is 0 Å². The summed E-state index contributed by atoms with van der Waals surface area (Å²) in [6, 6.07) is 0.638. The van der Waals surface area contributed by atoms with Gasteiger partial charge in [0, 0.05) is 26.2 Å². The number of methoxy groups -OCH3 is 2. The summed E-state index contributed by atoms with van der Waals surface area (Å²) in [4.78, 5) is 13.9. The predicted octanol–water partition coefficient (Wildman–Crippen LogP) is 1.30. The lowest BCUT2D eigenvalue weighted by molar-refractivity contribution is -0.152. The SMILES string of the molecule is COCCN(CC(C)(C)C(=O)OC)C1CC1. The van der Waals surface area contributed by atoms with E-state index in [4.69, 9.17) is 9.47 Å². The molecular formula is C12H23NO3. The van der Waals surface area contributed by atoms with Crippen molar-refractivity contribution in [3.63, 3.8) is 0 Å². The average Bonchev–Trinajstić information content (AvgIpc) is 3.06. The van der Waals surface area contributed by atoms with Gasteiger partial charge in [0.05, 0.1) is 19.1 Å². The van der Waals surface area contributed by atoms with Crippen molar-refractivity contribution in [3.8, 4) is 0 Å². The molecule has 94 valence electrons. The monoisotopic (exact) mass is 229 g/mol. The Morgan fingerprint density at radius 3 is 2.44 bits per heavy atom. The zero-order valence-corrected chi connectivity index (χ0v) is 10.8. The maximum atomic E-state index is 11.6. The summed E-state index contributed by atoms with van der Waals surface area (Å²) < 4.78 is 9.92. The molecule has 0 heterocycles. The van der Waals surface area contributed by atoms with E-state index in [2.05, 4.69) is 4.90 Å². The predicted molar refractivity (Wildman–Crippen MR) is 62.3 cm³/mol. The zero-order valence-electron chi connectivity index (χ0n) is 10.8. The van der Waals surface area contributed by atoms with E-state index in [-0.39, 0.29) is 5.97 Å². The normalized spacial score (nSPS) is 16.6. The summed E-state index contributed by atoms with van der Waals surface area (Å²) in [6.07, 6.45) is 2.47. The molecule has 0 N–H and O–H groups in total. The lowest BCUT2D eigenvalue weighted by atomic mass is 9.93. The number of nitrogens with zero attached hydrogens (tertiary/aromatic N) is 1. The Hall–Kier alpha value is -0.610. The fourth-order valence-electron chi connectivity index (χ4n) is 1.89. The molecule has 0 radical (unpaired) electrons. The Bertz CT molecular complexity index is 236. The van der Waals surface area contributed by atoms with Gasteiger partial charge in [-0.05, 0) is 26.7 Å². The van der Waals surface area contributed by atoms with E-state index in [1.165, 1.54) is 20.0 Å². The van der Waals surface area contributed by atoms with Crippen molar-refractivity contribution in [2.24, 2.45) is 5.41 Å². The molecule has 0 saturated heterocycles. The van der Waals surface area contributed by atoms with E-state index in [0.29, 0.717) is 12.6 Å². The van der Waals surface area contributed by atoms with Crippen LogP contribution in [0.1, 0.15) is 26.7 Å². The van der Waals surface area contributed by atoms with E-state index in [9.17, 15) is 4.79 Å². The maximum absolute atomic E-state index is 11.6. The first kappa shape index (κ1) is 13.5. The molecule has 0 spiro atoms. The number of carbonyl (C=O) groups excluding carboxylic acids is 1. The highest BCUT2D eigenvalue weighted by Gasteiger charge is 2.36. The van der Waals surface area contributed by atoms with Gasteiger partial charge in [-0.1, -0.05) is 0 Å². The van der Waals surface area contributed by atoms with Crippen LogP contribution in [0.4, 0.5) is 0 Å². The van der Waals surface area contributed by atoms with Gasteiger partial charge in [0.2, 0.25) is 0 Å². The number of hydrogen-bond donors (Lipinski definition) is 0. The minimum atomic E-state index is -0.439. The number of esters is 1. The van der Waals surface area contributed by atoms with Crippen LogP contribution < -0.4 is 0 Å². The van der Waals surface area contributed by atoms with Crippen molar-refractivity contribution >= 4 is 5.97 Å². The highest BCUT2D eigenvalue weighted by Crippen LogP contribution is 2.30. The molecule has 0 aromatic carbocycles. The molecule has 1 aliphatic carbocycles. The van der Waals surface area contributed by atoms with Gasteiger partial charge in [-0.3, -0.25) is 9.69 Å². The molecule has 0 unspecified atom stereocenters. The van der Waals surface area contributed by atoms with Crippen LogP contribution in [0, 0.1) is 5.41 Å². The Kier molecular flexibility index (Phi) is 4.74. The molecule has 16 heavy (non-hydrogen) atoms. The molecule has 0 aromatic rings. The molecular weight excluding hydrogens is 206 g/mol. The number of ether oxygens (including phenoxy) is 2. The van der Waals surface area contributed by atoms with Crippen LogP contribution in [0.25, 0.3) is 0 Å². The van der Waals surface area contributed by atoms with Gasteiger partial charge >= 0.3 is 5.97 Å². The van der Waals surface area contributed by atoms with Crippen LogP contribution in [-0.4, -0.2) is 50.8 Å². The molecule has 0 bridgehead atoms. The second-order valence-electron chi connectivity index (χ2n) is 5.07. The molecule has 1 fully saturated rings. The quantitative estimate of drug-likeness (QED) is 0.617. The third-order valence-electron chi connectivity index (χ3n) is 2.98. The van der Waals surface area contributed by atoms with Crippen molar-refractivity contribution in [3.05, 3.63) is 0 Å². The number of rotatable bonds is 7. The van der Waals surface area contributed by atoms with Gasteiger partial charge in [0.25, 0.3) is 0 Å². The summed E-state index contributed by atoms with van der Waals surface area (Å²) in [5.74, 6) is -0.143. The van der Waals surface area contributed by atoms with Crippen LogP contribution in [0.15, 0.2) is 0 Å². The van der Waals surface area contributed by atoms with Gasteiger partial charge in [-0.25, -0.2) is 0 Å². The first-order chi connectivity index (χ1) is 7.51.